The van der Waals surface area contributed by atoms with Crippen LogP contribution in [0.3, 0.4) is 0 Å². The molecule has 2 N–H and O–H groups in total. The summed E-state index contributed by atoms with van der Waals surface area (Å²) < 4.78 is 79.5. The van der Waals surface area contributed by atoms with Crippen molar-refractivity contribution in [1.82, 2.24) is 10.2 Å². The highest BCUT2D eigenvalue weighted by Crippen LogP contribution is 2.40. The fourth-order valence-corrected chi connectivity index (χ4v) is 6.60. The van der Waals surface area contributed by atoms with E-state index in [0.717, 1.165) is 23.1 Å². The quantitative estimate of drug-likeness (QED) is 0.211. The molecule has 40 heavy (non-hydrogen) atoms. The lowest BCUT2D eigenvalue weighted by atomic mass is 10.0. The molecule has 6 nitrogen and oxygen atoms in total. The Kier molecular flexibility index (Phi) is 8.66. The molecule has 0 radical (unpaired) electrons. The highest BCUT2D eigenvalue weighted by Gasteiger charge is 2.37. The van der Waals surface area contributed by atoms with Gasteiger partial charge in [0.1, 0.15) is 4.32 Å². The van der Waals surface area contributed by atoms with Crippen LogP contribution in [0.5, 0.6) is 0 Å². The number of carbonyl (C=O) groups is 3. The first-order valence-corrected chi connectivity index (χ1v) is 13.9. The van der Waals surface area contributed by atoms with Crippen LogP contribution in [0.25, 0.3) is 17.2 Å². The van der Waals surface area contributed by atoms with E-state index in [0.29, 0.717) is 36.3 Å². The molecule has 1 aromatic carbocycles. The molecular weight excluding hydrogens is 602 g/mol. The Hall–Kier alpha value is -2.91. The van der Waals surface area contributed by atoms with E-state index in [-0.39, 0.29) is 51.3 Å². The molecule has 1 aliphatic heterocycles. The summed E-state index contributed by atoms with van der Waals surface area (Å²) in [5.41, 5.74) is -3.00. The van der Waals surface area contributed by atoms with Crippen molar-refractivity contribution < 1.29 is 45.8 Å². The number of alkyl halides is 6. The van der Waals surface area contributed by atoms with E-state index in [9.17, 15) is 40.7 Å². The Labute approximate surface area is 237 Å². The number of carboxylic acid groups (broad SMARTS) is 1. The van der Waals surface area contributed by atoms with Gasteiger partial charge in [-0.1, -0.05) is 24.0 Å². The van der Waals surface area contributed by atoms with E-state index in [1.165, 1.54) is 22.4 Å². The minimum Gasteiger partial charge on any atom is -0.481 e. The highest BCUT2D eigenvalue weighted by atomic mass is 32.2. The van der Waals surface area contributed by atoms with Gasteiger partial charge in [-0.15, -0.1) is 11.3 Å². The summed E-state index contributed by atoms with van der Waals surface area (Å²) in [6.07, 6.45) is -7.21. The second-order valence-corrected chi connectivity index (χ2v) is 11.8. The molecule has 1 aromatic heterocycles. The van der Waals surface area contributed by atoms with Crippen molar-refractivity contribution in [3.8, 4) is 11.1 Å². The number of amides is 2. The zero-order chi connectivity index (χ0) is 29.4. The zero-order valence-electron chi connectivity index (χ0n) is 20.3. The minimum absolute atomic E-state index is 0.0108. The fourth-order valence-electron chi connectivity index (χ4n) is 4.37. The lowest BCUT2D eigenvalue weighted by molar-refractivity contribution is -0.143. The molecule has 0 spiro atoms. The second kappa shape index (κ2) is 11.5. The summed E-state index contributed by atoms with van der Waals surface area (Å²) in [5, 5.41) is 13.2. The third kappa shape index (κ3) is 7.04. The molecule has 4 rings (SSSR count). The first-order valence-electron chi connectivity index (χ1n) is 11.8. The number of aliphatic carboxylic acids is 1. The molecule has 2 heterocycles. The molecule has 15 heteroatoms. The van der Waals surface area contributed by atoms with Crippen LogP contribution in [0.2, 0.25) is 0 Å². The first kappa shape index (κ1) is 30.1. The van der Waals surface area contributed by atoms with Crippen molar-refractivity contribution in [3.05, 3.63) is 50.6 Å². The minimum atomic E-state index is -4.97. The summed E-state index contributed by atoms with van der Waals surface area (Å²) in [6, 6.07) is 2.46. The number of nitrogens with one attached hydrogen (secondary N) is 1. The third-order valence-electron chi connectivity index (χ3n) is 6.40. The number of thiophene rings is 1. The van der Waals surface area contributed by atoms with Crippen molar-refractivity contribution >= 4 is 63.5 Å². The number of hydrogen-bond donors (Lipinski definition) is 2. The van der Waals surface area contributed by atoms with Crippen LogP contribution >= 0.6 is 35.3 Å². The second-order valence-electron chi connectivity index (χ2n) is 9.23. The van der Waals surface area contributed by atoms with Crippen molar-refractivity contribution in [2.45, 2.75) is 44.1 Å². The molecule has 2 fully saturated rings. The Morgan fingerprint density at radius 1 is 1.05 bits per heavy atom. The largest absolute Gasteiger partial charge is 0.481 e. The van der Waals surface area contributed by atoms with Crippen LogP contribution in [0.15, 0.2) is 34.6 Å². The molecule has 1 aliphatic carbocycles. The molecule has 0 unspecified atom stereocenters. The smallest absolute Gasteiger partial charge is 0.416 e. The molecule has 214 valence electrons. The molecular formula is C25H20F6N2O4S3. The summed E-state index contributed by atoms with van der Waals surface area (Å²) >= 11 is 7.24. The van der Waals surface area contributed by atoms with E-state index in [2.05, 4.69) is 5.32 Å². The van der Waals surface area contributed by atoms with Gasteiger partial charge in [-0.3, -0.25) is 19.3 Å². The standard InChI is InChI=1S/C25H20F6N2O4S3/c26-24(27,28)15-5-13(6-16(9-15)25(29,30)31)14-8-18(39-11-14)10-19-21(35)33(23(38)40-19)4-3-20(34)32-17-2-1-12(7-17)22(36)37/h5-6,8-12,17H,1-4,7H2,(H,32,34)(H,36,37)/b19-10-/t12-,17+/m1/s1. The van der Waals surface area contributed by atoms with Crippen molar-refractivity contribution in [2.24, 2.45) is 5.92 Å². The Balaban J connectivity index is 1.43. The lowest BCUT2D eigenvalue weighted by Gasteiger charge is -2.16. The molecule has 0 bridgehead atoms. The molecule has 1 saturated heterocycles. The Bertz CT molecular complexity index is 1350. The predicted molar refractivity (Wildman–Crippen MR) is 141 cm³/mol. The first-order chi connectivity index (χ1) is 18.6. The van der Waals surface area contributed by atoms with E-state index >= 15 is 0 Å². The zero-order valence-corrected chi connectivity index (χ0v) is 22.7. The summed E-state index contributed by atoms with van der Waals surface area (Å²) in [6.45, 7) is -0.0108. The lowest BCUT2D eigenvalue weighted by Crippen LogP contribution is -2.37. The number of thiocarbonyl (C=S) groups is 1. The van der Waals surface area contributed by atoms with E-state index in [1.807, 2.05) is 0 Å². The third-order valence-corrected chi connectivity index (χ3v) is 8.65. The number of rotatable bonds is 7. The van der Waals surface area contributed by atoms with Gasteiger partial charge in [0.25, 0.3) is 5.91 Å². The number of halogens is 6. The fraction of sp³-hybridized carbons (Fsp3) is 0.360. The monoisotopic (exact) mass is 622 g/mol. The maximum atomic E-state index is 13.2. The van der Waals surface area contributed by atoms with Gasteiger partial charge in [0.15, 0.2) is 0 Å². The topological polar surface area (TPSA) is 86.7 Å². The number of carboxylic acids is 1. The van der Waals surface area contributed by atoms with Gasteiger partial charge in [-0.25, -0.2) is 0 Å². The van der Waals surface area contributed by atoms with Gasteiger partial charge in [-0.05, 0) is 66.1 Å². The summed E-state index contributed by atoms with van der Waals surface area (Å²) in [4.78, 5) is 38.1. The maximum Gasteiger partial charge on any atom is 0.416 e. The number of benzene rings is 1. The van der Waals surface area contributed by atoms with E-state index in [1.54, 1.807) is 0 Å². The molecule has 2 aromatic rings. The average molecular weight is 623 g/mol. The molecule has 2 aliphatic rings. The number of thioether (sulfide) groups is 1. The maximum absolute atomic E-state index is 13.2. The molecule has 2 atom stereocenters. The van der Waals surface area contributed by atoms with Crippen molar-refractivity contribution in [2.75, 3.05) is 6.54 Å². The predicted octanol–water partition coefficient (Wildman–Crippen LogP) is 6.41. The van der Waals surface area contributed by atoms with E-state index < -0.39 is 41.3 Å². The van der Waals surface area contributed by atoms with Crippen LogP contribution in [-0.2, 0) is 26.7 Å². The van der Waals surface area contributed by atoms with Crippen LogP contribution in [0.1, 0.15) is 41.7 Å². The summed E-state index contributed by atoms with van der Waals surface area (Å²) in [5.74, 6) is -2.24. The normalized spacial score (nSPS) is 20.9. The Morgan fingerprint density at radius 3 is 2.27 bits per heavy atom. The van der Waals surface area contributed by atoms with Gasteiger partial charge in [0.05, 0.1) is 21.9 Å². The number of nitrogens with zero attached hydrogens (tertiary/aromatic N) is 1. The highest BCUT2D eigenvalue weighted by molar-refractivity contribution is 8.26. The Morgan fingerprint density at radius 2 is 1.70 bits per heavy atom. The van der Waals surface area contributed by atoms with Crippen molar-refractivity contribution in [3.63, 3.8) is 0 Å². The van der Waals surface area contributed by atoms with E-state index in [4.69, 9.17) is 17.3 Å². The van der Waals surface area contributed by atoms with Crippen LogP contribution in [0, 0.1) is 5.92 Å². The number of hydrogen-bond acceptors (Lipinski definition) is 6. The van der Waals surface area contributed by atoms with Gasteiger partial charge in [-0.2, -0.15) is 26.3 Å². The summed E-state index contributed by atoms with van der Waals surface area (Å²) in [7, 11) is 0. The number of carbonyl (C=O) groups excluding carboxylic acids is 2. The van der Waals surface area contributed by atoms with Gasteiger partial charge in [0, 0.05) is 23.9 Å². The van der Waals surface area contributed by atoms with Gasteiger partial charge in [0.2, 0.25) is 5.91 Å². The van der Waals surface area contributed by atoms with Crippen molar-refractivity contribution in [1.29, 1.82) is 0 Å². The van der Waals surface area contributed by atoms with Crippen LogP contribution in [-0.4, -0.2) is 44.7 Å². The van der Waals surface area contributed by atoms with Gasteiger partial charge < -0.3 is 10.4 Å². The SMILES string of the molecule is O=C(CCN1C(=O)/C(=C/c2cc(-c3cc(C(F)(F)F)cc(C(F)(F)F)c3)cs2)SC1=S)N[C@H]1CC[C@@H](C(=O)O)C1. The molecule has 2 amide bonds. The van der Waals surface area contributed by atoms with Gasteiger partial charge >= 0.3 is 18.3 Å². The average Bonchev–Trinajstić information content (AvgIpc) is 3.57. The van der Waals surface area contributed by atoms with Crippen LogP contribution in [0.4, 0.5) is 26.3 Å². The van der Waals surface area contributed by atoms with Crippen LogP contribution < -0.4 is 5.32 Å². The molecule has 1 saturated carbocycles.